The molecule has 1 saturated heterocycles. The fourth-order valence-corrected chi connectivity index (χ4v) is 2.39. The van der Waals surface area contributed by atoms with Gasteiger partial charge in [-0.15, -0.1) is 0 Å². The molecule has 112 valence electrons. The Balaban J connectivity index is 1.99. The lowest BCUT2D eigenvalue weighted by Crippen LogP contribution is -2.29. The molecule has 1 aliphatic rings. The summed E-state index contributed by atoms with van der Waals surface area (Å²) in [4.78, 5) is 0. The SMILES string of the molecule is N#Cc1cc(C#N)c(CCCCC2(O)OCCO2)cc1C#N. The minimum Gasteiger partial charge on any atom is -0.343 e. The van der Waals surface area contributed by atoms with Crippen LogP contribution >= 0.6 is 0 Å². The number of hydrogen-bond donors (Lipinski definition) is 1. The van der Waals surface area contributed by atoms with Gasteiger partial charge < -0.3 is 14.6 Å². The topological polar surface area (TPSA) is 110 Å². The van der Waals surface area contributed by atoms with Crippen molar-refractivity contribution in [1.82, 2.24) is 0 Å². The molecule has 1 aliphatic heterocycles. The van der Waals surface area contributed by atoms with Crippen LogP contribution in [0.1, 0.15) is 41.5 Å². The molecular formula is C16H15N3O3. The number of aliphatic hydroxyl groups is 1. The van der Waals surface area contributed by atoms with Crippen molar-refractivity contribution in [2.75, 3.05) is 13.2 Å². The molecule has 1 N–H and O–H groups in total. The molecule has 22 heavy (non-hydrogen) atoms. The Bertz CT molecular complexity index is 674. The lowest BCUT2D eigenvalue weighted by atomic mass is 9.96. The number of unbranched alkanes of at least 4 members (excludes halogenated alkanes) is 1. The molecule has 6 heteroatoms. The summed E-state index contributed by atoms with van der Waals surface area (Å²) in [5.41, 5.74) is 1.63. The van der Waals surface area contributed by atoms with E-state index in [0.717, 1.165) is 5.56 Å². The summed E-state index contributed by atoms with van der Waals surface area (Å²) >= 11 is 0. The van der Waals surface area contributed by atoms with Crippen LogP contribution in [0.25, 0.3) is 0 Å². The third-order valence-corrected chi connectivity index (χ3v) is 3.53. The van der Waals surface area contributed by atoms with Gasteiger partial charge in [0.2, 0.25) is 0 Å². The number of rotatable bonds is 5. The van der Waals surface area contributed by atoms with Gasteiger partial charge in [0.15, 0.2) is 0 Å². The van der Waals surface area contributed by atoms with Crippen LogP contribution < -0.4 is 0 Å². The third-order valence-electron chi connectivity index (χ3n) is 3.53. The van der Waals surface area contributed by atoms with Gasteiger partial charge in [-0.1, -0.05) is 0 Å². The lowest BCUT2D eigenvalue weighted by molar-refractivity contribution is -0.308. The molecule has 6 nitrogen and oxygen atoms in total. The van der Waals surface area contributed by atoms with Crippen LogP contribution in [0.2, 0.25) is 0 Å². The zero-order chi connectivity index (χ0) is 16.0. The summed E-state index contributed by atoms with van der Waals surface area (Å²) in [6.07, 6.45) is 2.30. The first-order valence-corrected chi connectivity index (χ1v) is 6.99. The molecule has 1 fully saturated rings. The molecular weight excluding hydrogens is 282 g/mol. The van der Waals surface area contributed by atoms with Gasteiger partial charge in [-0.3, -0.25) is 0 Å². The van der Waals surface area contributed by atoms with Crippen molar-refractivity contribution in [3.05, 3.63) is 34.4 Å². The van der Waals surface area contributed by atoms with E-state index in [1.165, 1.54) is 6.07 Å². The van der Waals surface area contributed by atoms with Crippen molar-refractivity contribution < 1.29 is 14.6 Å². The van der Waals surface area contributed by atoms with Gasteiger partial charge in [-0.05, 0) is 37.0 Å². The third kappa shape index (κ3) is 3.61. The van der Waals surface area contributed by atoms with Crippen molar-refractivity contribution in [3.63, 3.8) is 0 Å². The Morgan fingerprint density at radius 3 is 2.14 bits per heavy atom. The highest BCUT2D eigenvalue weighted by Crippen LogP contribution is 2.24. The van der Waals surface area contributed by atoms with E-state index >= 15 is 0 Å². The molecule has 0 radical (unpaired) electrons. The van der Waals surface area contributed by atoms with Crippen LogP contribution in [-0.4, -0.2) is 24.3 Å². The molecule has 0 unspecified atom stereocenters. The molecule has 0 bridgehead atoms. The van der Waals surface area contributed by atoms with Crippen molar-refractivity contribution in [3.8, 4) is 18.2 Å². The maximum Gasteiger partial charge on any atom is 0.280 e. The van der Waals surface area contributed by atoms with E-state index in [-0.39, 0.29) is 11.1 Å². The van der Waals surface area contributed by atoms with Crippen LogP contribution in [-0.2, 0) is 15.9 Å². The highest BCUT2D eigenvalue weighted by Gasteiger charge is 2.33. The highest BCUT2D eigenvalue weighted by atomic mass is 16.8. The van der Waals surface area contributed by atoms with Crippen molar-refractivity contribution in [2.45, 2.75) is 31.7 Å². The van der Waals surface area contributed by atoms with E-state index in [0.29, 0.717) is 44.5 Å². The van der Waals surface area contributed by atoms with Gasteiger partial charge >= 0.3 is 0 Å². The van der Waals surface area contributed by atoms with Crippen LogP contribution in [0.3, 0.4) is 0 Å². The highest BCUT2D eigenvalue weighted by molar-refractivity contribution is 5.53. The minimum absolute atomic E-state index is 0.213. The van der Waals surface area contributed by atoms with E-state index in [9.17, 15) is 5.11 Å². The number of aryl methyl sites for hydroxylation is 1. The van der Waals surface area contributed by atoms with Crippen molar-refractivity contribution in [1.29, 1.82) is 15.8 Å². The van der Waals surface area contributed by atoms with Crippen LogP contribution in [0.15, 0.2) is 12.1 Å². The monoisotopic (exact) mass is 297 g/mol. The van der Waals surface area contributed by atoms with Gasteiger partial charge in [0, 0.05) is 6.42 Å². The molecule has 2 rings (SSSR count). The zero-order valence-corrected chi connectivity index (χ0v) is 12.0. The van der Waals surface area contributed by atoms with E-state index in [2.05, 4.69) is 6.07 Å². The molecule has 0 spiro atoms. The maximum absolute atomic E-state index is 9.86. The predicted molar refractivity (Wildman–Crippen MR) is 75.0 cm³/mol. The first-order valence-electron chi connectivity index (χ1n) is 6.99. The van der Waals surface area contributed by atoms with Crippen LogP contribution in [0.5, 0.6) is 0 Å². The fraction of sp³-hybridized carbons (Fsp3) is 0.438. The summed E-state index contributed by atoms with van der Waals surface area (Å²) in [6.45, 7) is 0.770. The average molecular weight is 297 g/mol. The number of nitriles is 3. The fourth-order valence-electron chi connectivity index (χ4n) is 2.39. The van der Waals surface area contributed by atoms with E-state index < -0.39 is 5.97 Å². The first kappa shape index (κ1) is 15.9. The Hall–Kier alpha value is -2.43. The van der Waals surface area contributed by atoms with Crippen LogP contribution in [0, 0.1) is 34.0 Å². The summed E-state index contributed by atoms with van der Waals surface area (Å²) in [5, 5.41) is 37.0. The van der Waals surface area contributed by atoms with Gasteiger partial charge in [0.05, 0.1) is 36.0 Å². The van der Waals surface area contributed by atoms with Crippen LogP contribution in [0.4, 0.5) is 0 Å². The quantitative estimate of drug-likeness (QED) is 0.828. The summed E-state index contributed by atoms with van der Waals surface area (Å²) in [5.74, 6) is -1.49. The first-order chi connectivity index (χ1) is 10.6. The number of ether oxygens (including phenoxy) is 2. The second-order valence-electron chi connectivity index (χ2n) is 5.01. The average Bonchev–Trinajstić information content (AvgIpc) is 2.97. The molecule has 0 saturated carbocycles. The van der Waals surface area contributed by atoms with Gasteiger partial charge in [0.25, 0.3) is 5.97 Å². The molecule has 0 atom stereocenters. The Morgan fingerprint density at radius 2 is 1.55 bits per heavy atom. The van der Waals surface area contributed by atoms with E-state index in [1.807, 2.05) is 12.1 Å². The van der Waals surface area contributed by atoms with Gasteiger partial charge in [0.1, 0.15) is 12.1 Å². The maximum atomic E-state index is 9.86. The second kappa shape index (κ2) is 7.02. The van der Waals surface area contributed by atoms with E-state index in [1.54, 1.807) is 6.07 Å². The molecule has 1 heterocycles. The van der Waals surface area contributed by atoms with E-state index in [4.69, 9.17) is 25.3 Å². The second-order valence-corrected chi connectivity index (χ2v) is 5.01. The Kier molecular flexibility index (Phi) is 5.09. The zero-order valence-electron chi connectivity index (χ0n) is 12.0. The molecule has 0 aliphatic carbocycles. The van der Waals surface area contributed by atoms with Gasteiger partial charge in [-0.25, -0.2) is 0 Å². The van der Waals surface area contributed by atoms with Crippen molar-refractivity contribution >= 4 is 0 Å². The van der Waals surface area contributed by atoms with Gasteiger partial charge in [-0.2, -0.15) is 15.8 Å². The lowest BCUT2D eigenvalue weighted by Gasteiger charge is -2.19. The standard InChI is InChI=1S/C16H15N3O3/c17-9-13-8-15(11-19)14(10-18)7-12(13)3-1-2-4-16(20)21-5-6-22-16/h7-8,20H,1-6H2. The summed E-state index contributed by atoms with van der Waals surface area (Å²) in [7, 11) is 0. The minimum atomic E-state index is -1.49. The molecule has 0 aromatic heterocycles. The smallest absolute Gasteiger partial charge is 0.280 e. The number of nitrogens with zero attached hydrogens (tertiary/aromatic N) is 3. The number of hydrogen-bond acceptors (Lipinski definition) is 6. The largest absolute Gasteiger partial charge is 0.343 e. The Morgan fingerprint density at radius 1 is 0.955 bits per heavy atom. The number of benzene rings is 1. The van der Waals surface area contributed by atoms with Crippen molar-refractivity contribution in [2.24, 2.45) is 0 Å². The summed E-state index contributed by atoms with van der Waals surface area (Å²) in [6, 6.07) is 8.98. The molecule has 1 aromatic carbocycles. The Labute approximate surface area is 128 Å². The summed E-state index contributed by atoms with van der Waals surface area (Å²) < 4.78 is 10.2. The molecule has 0 amide bonds. The predicted octanol–water partition coefficient (Wildman–Crippen LogP) is 1.71. The normalized spacial score (nSPS) is 15.7. The molecule has 1 aromatic rings.